The molecule has 0 saturated carbocycles. The van der Waals surface area contributed by atoms with Gasteiger partial charge in [0.15, 0.2) is 0 Å². The quantitative estimate of drug-likeness (QED) is 0.799. The van der Waals surface area contributed by atoms with Crippen molar-refractivity contribution in [2.75, 3.05) is 13.2 Å². The van der Waals surface area contributed by atoms with Gasteiger partial charge < -0.3 is 15.2 Å². The van der Waals surface area contributed by atoms with Crippen LogP contribution in [-0.2, 0) is 0 Å². The Bertz CT molecular complexity index is 394. The lowest BCUT2D eigenvalue weighted by atomic mass is 10.2. The highest BCUT2D eigenvalue weighted by atomic mass is 79.9. The summed E-state index contributed by atoms with van der Waals surface area (Å²) in [7, 11) is 0. The van der Waals surface area contributed by atoms with E-state index in [0.717, 1.165) is 4.47 Å². The smallest absolute Gasteiger partial charge is 0.255 e. The molecule has 1 aliphatic heterocycles. The van der Waals surface area contributed by atoms with E-state index >= 15 is 0 Å². The molecule has 0 aliphatic carbocycles. The molecule has 0 spiro atoms. The Morgan fingerprint density at radius 2 is 2.40 bits per heavy atom. The fraction of sp³-hybridized carbons (Fsp3) is 0.300. The van der Waals surface area contributed by atoms with Gasteiger partial charge in [0.05, 0.1) is 18.7 Å². The number of nitrogens with one attached hydrogen (secondary N) is 1. The fourth-order valence-corrected chi connectivity index (χ4v) is 1.75. The summed E-state index contributed by atoms with van der Waals surface area (Å²) < 4.78 is 6.33. The molecular weight excluding hydrogens is 262 g/mol. The Hall–Kier alpha value is -1.07. The molecule has 0 unspecified atom stereocenters. The van der Waals surface area contributed by atoms with E-state index in [1.807, 2.05) is 0 Å². The summed E-state index contributed by atoms with van der Waals surface area (Å²) in [5, 5.41) is 11.7. The molecule has 0 saturated heterocycles. The van der Waals surface area contributed by atoms with E-state index < -0.39 is 0 Å². The Kier molecular flexibility index (Phi) is 2.93. The summed E-state index contributed by atoms with van der Waals surface area (Å²) in [5.74, 6) is 0.326. The first-order valence-corrected chi connectivity index (χ1v) is 5.35. The van der Waals surface area contributed by atoms with Crippen molar-refractivity contribution in [3.8, 4) is 5.75 Å². The van der Waals surface area contributed by atoms with Crippen molar-refractivity contribution in [2.24, 2.45) is 0 Å². The van der Waals surface area contributed by atoms with E-state index in [-0.39, 0.29) is 18.6 Å². The van der Waals surface area contributed by atoms with Gasteiger partial charge in [-0.2, -0.15) is 0 Å². The molecule has 1 amide bonds. The van der Waals surface area contributed by atoms with Gasteiger partial charge in [-0.05, 0) is 18.2 Å². The normalized spacial score (nSPS) is 19.9. The minimum atomic E-state index is -0.385. The molecule has 0 bridgehead atoms. The number of amides is 1. The third kappa shape index (κ3) is 2.13. The van der Waals surface area contributed by atoms with Gasteiger partial charge in [0.2, 0.25) is 0 Å². The Morgan fingerprint density at radius 1 is 1.60 bits per heavy atom. The largest absolute Gasteiger partial charge is 0.485 e. The number of hydrogen-bond acceptors (Lipinski definition) is 3. The van der Waals surface area contributed by atoms with Crippen LogP contribution < -0.4 is 10.1 Å². The van der Waals surface area contributed by atoms with Gasteiger partial charge >= 0.3 is 0 Å². The zero-order valence-corrected chi connectivity index (χ0v) is 9.45. The van der Waals surface area contributed by atoms with Gasteiger partial charge in [-0.25, -0.2) is 0 Å². The average Bonchev–Trinajstić information content (AvgIpc) is 2.38. The van der Waals surface area contributed by atoms with E-state index in [9.17, 15) is 4.79 Å². The van der Waals surface area contributed by atoms with Crippen LogP contribution in [0.15, 0.2) is 22.7 Å². The molecule has 5 heteroatoms. The fourth-order valence-electron chi connectivity index (χ4n) is 1.41. The molecule has 1 heterocycles. The summed E-state index contributed by atoms with van der Waals surface area (Å²) in [6.45, 7) is 0.202. The maximum absolute atomic E-state index is 11.6. The topological polar surface area (TPSA) is 58.6 Å². The number of aliphatic hydroxyl groups excluding tert-OH is 1. The van der Waals surface area contributed by atoms with Crippen molar-refractivity contribution in [1.82, 2.24) is 5.32 Å². The lowest BCUT2D eigenvalue weighted by Crippen LogP contribution is -2.34. The van der Waals surface area contributed by atoms with E-state index in [1.54, 1.807) is 18.2 Å². The van der Waals surface area contributed by atoms with Crippen LogP contribution in [0.1, 0.15) is 10.4 Å². The van der Waals surface area contributed by atoms with Crippen molar-refractivity contribution >= 4 is 21.8 Å². The molecule has 1 aliphatic rings. The molecule has 0 aromatic heterocycles. The molecule has 4 nitrogen and oxygen atoms in total. The second kappa shape index (κ2) is 4.20. The highest BCUT2D eigenvalue weighted by Crippen LogP contribution is 2.26. The average molecular weight is 272 g/mol. The first-order chi connectivity index (χ1) is 7.20. The third-order valence-electron chi connectivity index (χ3n) is 2.18. The van der Waals surface area contributed by atoms with Crippen molar-refractivity contribution in [3.63, 3.8) is 0 Å². The number of fused-ring (bicyclic) bond motifs is 1. The first kappa shape index (κ1) is 10.4. The Morgan fingerprint density at radius 3 is 3.13 bits per heavy atom. The van der Waals surface area contributed by atoms with Gasteiger partial charge in [0.1, 0.15) is 11.9 Å². The zero-order valence-electron chi connectivity index (χ0n) is 7.87. The second-order valence-electron chi connectivity index (χ2n) is 3.27. The molecule has 15 heavy (non-hydrogen) atoms. The van der Waals surface area contributed by atoms with Crippen molar-refractivity contribution in [3.05, 3.63) is 28.2 Å². The minimum Gasteiger partial charge on any atom is -0.485 e. The molecule has 1 atom stereocenters. The van der Waals surface area contributed by atoms with Gasteiger partial charge in [-0.3, -0.25) is 4.79 Å². The monoisotopic (exact) mass is 271 g/mol. The highest BCUT2D eigenvalue weighted by Gasteiger charge is 2.21. The Balaban J connectivity index is 2.40. The third-order valence-corrected chi connectivity index (χ3v) is 2.67. The predicted molar refractivity (Wildman–Crippen MR) is 58.0 cm³/mol. The molecule has 1 aromatic rings. The number of rotatable bonds is 1. The van der Waals surface area contributed by atoms with Crippen LogP contribution in [0.2, 0.25) is 0 Å². The lowest BCUT2D eigenvalue weighted by molar-refractivity contribution is 0.0929. The molecule has 0 fully saturated rings. The maximum atomic E-state index is 11.6. The first-order valence-electron chi connectivity index (χ1n) is 4.56. The van der Waals surface area contributed by atoms with Gasteiger partial charge in [-0.1, -0.05) is 15.9 Å². The van der Waals surface area contributed by atoms with Gasteiger partial charge in [-0.15, -0.1) is 0 Å². The summed E-state index contributed by atoms with van der Waals surface area (Å²) in [6.07, 6.45) is -0.385. The van der Waals surface area contributed by atoms with Crippen LogP contribution in [0, 0.1) is 0 Å². The number of carbonyl (C=O) groups excluding carboxylic acids is 1. The molecule has 2 rings (SSSR count). The van der Waals surface area contributed by atoms with Crippen molar-refractivity contribution < 1.29 is 14.6 Å². The van der Waals surface area contributed by atoms with Crippen LogP contribution >= 0.6 is 15.9 Å². The molecule has 2 N–H and O–H groups in total. The van der Waals surface area contributed by atoms with Crippen LogP contribution in [0.4, 0.5) is 0 Å². The zero-order chi connectivity index (χ0) is 10.8. The SMILES string of the molecule is O=C1NC[C@@H](CO)Oc2cc(Br)ccc21. The summed E-state index contributed by atoms with van der Waals surface area (Å²) in [4.78, 5) is 11.6. The standard InChI is InChI=1S/C10H10BrNO3/c11-6-1-2-8-9(3-6)15-7(5-13)4-12-10(8)14/h1-3,7,13H,4-5H2,(H,12,14)/t7-/m0/s1. The van der Waals surface area contributed by atoms with Crippen molar-refractivity contribution in [1.29, 1.82) is 0 Å². The van der Waals surface area contributed by atoms with Gasteiger partial charge in [0, 0.05) is 4.47 Å². The Labute approximate surface area is 95.4 Å². The van der Waals surface area contributed by atoms with E-state index in [1.165, 1.54) is 0 Å². The second-order valence-corrected chi connectivity index (χ2v) is 4.19. The molecular formula is C10H10BrNO3. The van der Waals surface area contributed by atoms with Crippen LogP contribution in [0.5, 0.6) is 5.75 Å². The number of halogens is 1. The number of hydrogen-bond donors (Lipinski definition) is 2. The van der Waals surface area contributed by atoms with E-state index in [2.05, 4.69) is 21.2 Å². The number of benzene rings is 1. The van der Waals surface area contributed by atoms with E-state index in [4.69, 9.17) is 9.84 Å². The highest BCUT2D eigenvalue weighted by molar-refractivity contribution is 9.10. The lowest BCUT2D eigenvalue weighted by Gasteiger charge is -2.13. The van der Waals surface area contributed by atoms with Crippen LogP contribution in [0.25, 0.3) is 0 Å². The summed E-state index contributed by atoms with van der Waals surface area (Å²) in [6, 6.07) is 5.19. The number of ether oxygens (including phenoxy) is 1. The molecule has 0 radical (unpaired) electrons. The van der Waals surface area contributed by atoms with Gasteiger partial charge in [0.25, 0.3) is 5.91 Å². The number of carbonyl (C=O) groups is 1. The number of aliphatic hydroxyl groups is 1. The maximum Gasteiger partial charge on any atom is 0.255 e. The molecule has 1 aromatic carbocycles. The molecule has 80 valence electrons. The van der Waals surface area contributed by atoms with E-state index in [0.29, 0.717) is 17.9 Å². The minimum absolute atomic E-state index is 0.119. The van der Waals surface area contributed by atoms with Crippen molar-refractivity contribution in [2.45, 2.75) is 6.10 Å². The van der Waals surface area contributed by atoms with Crippen LogP contribution in [0.3, 0.4) is 0 Å². The van der Waals surface area contributed by atoms with Crippen LogP contribution in [-0.4, -0.2) is 30.3 Å². The summed E-state index contributed by atoms with van der Waals surface area (Å²) in [5.41, 5.74) is 0.495. The predicted octanol–water partition coefficient (Wildman–Crippen LogP) is 0.932. The summed E-state index contributed by atoms with van der Waals surface area (Å²) >= 11 is 3.30.